The molecule has 2 N–H and O–H groups in total. The third-order valence-electron chi connectivity index (χ3n) is 3.39. The summed E-state index contributed by atoms with van der Waals surface area (Å²) in [6, 6.07) is 7.99. The summed E-state index contributed by atoms with van der Waals surface area (Å²) >= 11 is 1.61. The van der Waals surface area contributed by atoms with Crippen LogP contribution in [-0.4, -0.2) is 18.2 Å². The van der Waals surface area contributed by atoms with Crippen LogP contribution in [0.4, 0.5) is 0 Å². The Kier molecular flexibility index (Phi) is 4.31. The Bertz CT molecular complexity index is 646. The summed E-state index contributed by atoms with van der Waals surface area (Å²) in [5, 5.41) is 0.951. The highest BCUT2D eigenvalue weighted by molar-refractivity contribution is 7.99. The molecule has 2 aromatic rings. The lowest BCUT2D eigenvalue weighted by atomic mass is 10.2. The Morgan fingerprint density at radius 3 is 2.81 bits per heavy atom. The zero-order valence-electron chi connectivity index (χ0n) is 12.0. The minimum Gasteiger partial charge on any atom is -0.490 e. The van der Waals surface area contributed by atoms with Gasteiger partial charge in [0.25, 0.3) is 0 Å². The smallest absolute Gasteiger partial charge is 0.162 e. The zero-order valence-corrected chi connectivity index (χ0v) is 12.8. The first kappa shape index (κ1) is 14.2. The van der Waals surface area contributed by atoms with E-state index in [1.807, 2.05) is 30.5 Å². The van der Waals surface area contributed by atoms with E-state index in [0.717, 1.165) is 33.4 Å². The molecule has 1 aliphatic rings. The second kappa shape index (κ2) is 6.37. The molecule has 0 radical (unpaired) electrons. The summed E-state index contributed by atoms with van der Waals surface area (Å²) in [5.74, 6) is 1.62. The maximum atomic E-state index is 5.84. The van der Waals surface area contributed by atoms with Crippen LogP contribution in [0.15, 0.2) is 40.4 Å². The van der Waals surface area contributed by atoms with Crippen LogP contribution in [0.5, 0.6) is 11.5 Å². The van der Waals surface area contributed by atoms with Gasteiger partial charge in [0.1, 0.15) is 5.03 Å². The number of aromatic nitrogens is 1. The lowest BCUT2D eigenvalue weighted by molar-refractivity contribution is 0.297. The van der Waals surface area contributed by atoms with Crippen LogP contribution in [0.2, 0.25) is 0 Å². The normalized spacial score (nSPS) is 13.8. The number of benzene rings is 1. The highest BCUT2D eigenvalue weighted by Crippen LogP contribution is 2.37. The monoisotopic (exact) mass is 302 g/mol. The number of hydrogen-bond donors (Lipinski definition) is 1. The van der Waals surface area contributed by atoms with Crippen LogP contribution < -0.4 is 15.2 Å². The molecule has 0 saturated heterocycles. The van der Waals surface area contributed by atoms with E-state index in [4.69, 9.17) is 15.2 Å². The Labute approximate surface area is 128 Å². The van der Waals surface area contributed by atoms with Gasteiger partial charge in [0.15, 0.2) is 11.5 Å². The van der Waals surface area contributed by atoms with E-state index < -0.39 is 0 Å². The molecular weight excluding hydrogens is 284 g/mol. The molecule has 5 heteroatoms. The molecule has 110 valence electrons. The van der Waals surface area contributed by atoms with Gasteiger partial charge in [-0.05, 0) is 36.8 Å². The van der Waals surface area contributed by atoms with Gasteiger partial charge >= 0.3 is 0 Å². The fourth-order valence-electron chi connectivity index (χ4n) is 2.22. The van der Waals surface area contributed by atoms with Crippen LogP contribution in [0, 0.1) is 6.92 Å². The third-order valence-corrected chi connectivity index (χ3v) is 4.42. The SMILES string of the molecule is Cc1ccnc(Sc2ccc3c(c2)OCCCO3)c1CN. The van der Waals surface area contributed by atoms with Crippen molar-refractivity contribution in [2.24, 2.45) is 5.73 Å². The van der Waals surface area contributed by atoms with E-state index in [1.54, 1.807) is 11.8 Å². The number of fused-ring (bicyclic) bond motifs is 1. The van der Waals surface area contributed by atoms with Crippen LogP contribution in [0.1, 0.15) is 17.5 Å². The molecule has 0 atom stereocenters. The standard InChI is InChI=1S/C16H18N2O2S/c1-11-5-6-18-16(13(11)10-17)21-12-3-4-14-15(9-12)20-8-2-7-19-14/h3-6,9H,2,7-8,10,17H2,1H3. The Hall–Kier alpha value is -1.72. The summed E-state index contributed by atoms with van der Waals surface area (Å²) < 4.78 is 11.4. The van der Waals surface area contributed by atoms with Crippen molar-refractivity contribution < 1.29 is 9.47 Å². The number of nitrogens with zero attached hydrogens (tertiary/aromatic N) is 1. The van der Waals surface area contributed by atoms with Crippen molar-refractivity contribution in [2.75, 3.05) is 13.2 Å². The second-order valence-electron chi connectivity index (χ2n) is 4.88. The van der Waals surface area contributed by atoms with Gasteiger partial charge in [0.2, 0.25) is 0 Å². The minimum atomic E-state index is 0.493. The number of nitrogens with two attached hydrogens (primary N) is 1. The molecule has 1 aromatic heterocycles. The molecule has 4 nitrogen and oxygen atoms in total. The molecule has 0 saturated carbocycles. The Balaban J connectivity index is 1.89. The van der Waals surface area contributed by atoms with E-state index in [1.165, 1.54) is 5.56 Å². The summed E-state index contributed by atoms with van der Waals surface area (Å²) in [5.41, 5.74) is 8.10. The number of aryl methyl sites for hydroxylation is 1. The van der Waals surface area contributed by atoms with Crippen LogP contribution >= 0.6 is 11.8 Å². The molecule has 0 spiro atoms. The average Bonchev–Trinajstić information content (AvgIpc) is 2.72. The van der Waals surface area contributed by atoms with Gasteiger partial charge in [-0.25, -0.2) is 4.98 Å². The first-order valence-electron chi connectivity index (χ1n) is 7.00. The molecule has 0 aliphatic carbocycles. The number of hydrogen-bond acceptors (Lipinski definition) is 5. The molecule has 21 heavy (non-hydrogen) atoms. The predicted octanol–water partition coefficient (Wildman–Crippen LogP) is 3.16. The van der Waals surface area contributed by atoms with Gasteiger partial charge < -0.3 is 15.2 Å². The highest BCUT2D eigenvalue weighted by atomic mass is 32.2. The maximum Gasteiger partial charge on any atom is 0.162 e. The molecule has 0 unspecified atom stereocenters. The summed E-state index contributed by atoms with van der Waals surface area (Å²) in [6.45, 7) is 3.95. The molecule has 2 heterocycles. The molecule has 3 rings (SSSR count). The average molecular weight is 302 g/mol. The van der Waals surface area contributed by atoms with E-state index in [2.05, 4.69) is 11.9 Å². The number of ether oxygens (including phenoxy) is 2. The summed E-state index contributed by atoms with van der Waals surface area (Å²) in [7, 11) is 0. The van der Waals surface area contributed by atoms with E-state index in [0.29, 0.717) is 19.8 Å². The topological polar surface area (TPSA) is 57.4 Å². The molecule has 1 aliphatic heterocycles. The van der Waals surface area contributed by atoms with Crippen molar-refractivity contribution in [3.8, 4) is 11.5 Å². The van der Waals surface area contributed by atoms with Crippen LogP contribution in [-0.2, 0) is 6.54 Å². The molecule has 0 fully saturated rings. The van der Waals surface area contributed by atoms with Crippen molar-refractivity contribution in [2.45, 2.75) is 29.8 Å². The molecule has 0 amide bonds. The van der Waals surface area contributed by atoms with Crippen molar-refractivity contribution in [1.82, 2.24) is 4.98 Å². The van der Waals surface area contributed by atoms with Crippen molar-refractivity contribution in [1.29, 1.82) is 0 Å². The predicted molar refractivity (Wildman–Crippen MR) is 83.0 cm³/mol. The fourth-order valence-corrected chi connectivity index (χ4v) is 3.23. The quantitative estimate of drug-likeness (QED) is 0.944. The Morgan fingerprint density at radius 1 is 1.19 bits per heavy atom. The lowest BCUT2D eigenvalue weighted by Crippen LogP contribution is -2.02. The van der Waals surface area contributed by atoms with Gasteiger partial charge in [-0.1, -0.05) is 11.8 Å². The van der Waals surface area contributed by atoms with Gasteiger partial charge in [-0.3, -0.25) is 0 Å². The maximum absolute atomic E-state index is 5.84. The molecular formula is C16H18N2O2S. The van der Waals surface area contributed by atoms with Crippen LogP contribution in [0.3, 0.4) is 0 Å². The molecule has 0 bridgehead atoms. The number of rotatable bonds is 3. The third kappa shape index (κ3) is 3.14. The molecule has 1 aromatic carbocycles. The van der Waals surface area contributed by atoms with Gasteiger partial charge in [-0.15, -0.1) is 0 Å². The zero-order chi connectivity index (χ0) is 14.7. The van der Waals surface area contributed by atoms with Gasteiger partial charge in [0, 0.05) is 29.6 Å². The van der Waals surface area contributed by atoms with E-state index >= 15 is 0 Å². The number of pyridine rings is 1. The summed E-state index contributed by atoms with van der Waals surface area (Å²) in [4.78, 5) is 5.52. The van der Waals surface area contributed by atoms with E-state index in [9.17, 15) is 0 Å². The van der Waals surface area contributed by atoms with Crippen molar-refractivity contribution in [3.05, 3.63) is 41.6 Å². The van der Waals surface area contributed by atoms with E-state index in [-0.39, 0.29) is 0 Å². The summed E-state index contributed by atoms with van der Waals surface area (Å²) in [6.07, 6.45) is 2.73. The first-order chi connectivity index (χ1) is 10.3. The van der Waals surface area contributed by atoms with Gasteiger partial charge in [0.05, 0.1) is 13.2 Å². The van der Waals surface area contributed by atoms with Crippen molar-refractivity contribution in [3.63, 3.8) is 0 Å². The largest absolute Gasteiger partial charge is 0.490 e. The fraction of sp³-hybridized carbons (Fsp3) is 0.312. The first-order valence-corrected chi connectivity index (χ1v) is 7.81. The van der Waals surface area contributed by atoms with Crippen molar-refractivity contribution >= 4 is 11.8 Å². The second-order valence-corrected chi connectivity index (χ2v) is 5.94. The Morgan fingerprint density at radius 2 is 2.00 bits per heavy atom. The minimum absolute atomic E-state index is 0.493. The van der Waals surface area contributed by atoms with Crippen LogP contribution in [0.25, 0.3) is 0 Å². The van der Waals surface area contributed by atoms with Gasteiger partial charge in [-0.2, -0.15) is 0 Å². The lowest BCUT2D eigenvalue weighted by Gasteiger charge is -2.11. The highest BCUT2D eigenvalue weighted by Gasteiger charge is 2.13.